The molecule has 0 aliphatic carbocycles. The van der Waals surface area contributed by atoms with E-state index in [-0.39, 0.29) is 18.5 Å². The number of aliphatic hydroxyl groups excluding tert-OH is 2. The van der Waals surface area contributed by atoms with Crippen LogP contribution in [0, 0.1) is 0 Å². The summed E-state index contributed by atoms with van der Waals surface area (Å²) in [5, 5.41) is 23.3. The molecule has 3 N–H and O–H groups in total. The molecule has 0 aromatic heterocycles. The number of hydrogen-bond donors (Lipinski definition) is 3. The molecule has 6 heteroatoms. The van der Waals surface area contributed by atoms with Gasteiger partial charge in [0.1, 0.15) is 0 Å². The quantitative estimate of drug-likeness (QED) is 0.0320. The molecule has 1 amide bonds. The van der Waals surface area contributed by atoms with Crippen LogP contribution in [-0.2, 0) is 14.3 Å². The molecule has 6 nitrogen and oxygen atoms in total. The molecular formula is C79H149NO5. The molecule has 2 atom stereocenters. The lowest BCUT2D eigenvalue weighted by Crippen LogP contribution is -2.45. The predicted molar refractivity (Wildman–Crippen MR) is 375 cm³/mol. The van der Waals surface area contributed by atoms with Crippen LogP contribution >= 0.6 is 0 Å². The fraction of sp³-hybridized carbons (Fsp3) is 0.873. The summed E-state index contributed by atoms with van der Waals surface area (Å²) in [4.78, 5) is 24.6. The van der Waals surface area contributed by atoms with E-state index in [1.165, 1.54) is 340 Å². The average molecular weight is 1190 g/mol. The summed E-state index contributed by atoms with van der Waals surface area (Å²) in [6.07, 6.45) is 97.9. The topological polar surface area (TPSA) is 95.9 Å². The number of rotatable bonds is 72. The van der Waals surface area contributed by atoms with Gasteiger partial charge in [0.25, 0.3) is 0 Å². The Balaban J connectivity index is 3.38. The zero-order valence-corrected chi connectivity index (χ0v) is 57.4. The lowest BCUT2D eigenvalue weighted by Gasteiger charge is -2.20. The molecule has 0 rings (SSSR count). The SMILES string of the molecule is CCCCC/C=C\C/C=C\CCCCCCCC(=O)OCCCCCCCCCCCCCC/C=C\CCCCCCCCCCCCCCCCCCCC(=O)NC(CO)C(O)/C=C/CCCCCCCCCCCCCCCCCCCC. The number of aliphatic hydroxyl groups is 2. The standard InChI is InChI=1S/C79H149NO5/c1-3-5-7-9-11-13-15-17-19-20-21-37-40-44-47-51-55-59-63-67-71-77(82)76(75-81)80-78(83)72-68-64-60-56-52-48-45-41-38-35-33-31-29-27-25-23-22-24-26-28-30-32-34-36-39-42-46-50-54-58-62-66-70-74-85-79(84)73-69-65-61-57-53-49-43-18-16-14-12-10-8-6-4-2/h12,14,18,26,28,43,67,71,76-77,81-82H,3-11,13,15-17,19-25,27,29-42,44-66,68-70,72-75H2,1-2H3,(H,80,83)/b14-12-,28-26-,43-18-,71-67+. The minimum atomic E-state index is -0.844. The first-order chi connectivity index (χ1) is 42.0. The number of carbonyl (C=O) groups is 2. The number of unbranched alkanes of at least 4 members (excludes halogenated alkanes) is 55. The number of amides is 1. The maximum atomic E-state index is 12.5. The molecule has 0 aliphatic rings. The second-order valence-corrected chi connectivity index (χ2v) is 26.3. The van der Waals surface area contributed by atoms with E-state index in [1.54, 1.807) is 6.08 Å². The van der Waals surface area contributed by atoms with Gasteiger partial charge in [-0.2, -0.15) is 0 Å². The second kappa shape index (κ2) is 74.3. The van der Waals surface area contributed by atoms with E-state index in [0.717, 1.165) is 51.4 Å². The fourth-order valence-electron chi connectivity index (χ4n) is 12.0. The van der Waals surface area contributed by atoms with Crippen molar-refractivity contribution in [3.8, 4) is 0 Å². The van der Waals surface area contributed by atoms with Crippen molar-refractivity contribution in [3.05, 3.63) is 48.6 Å². The van der Waals surface area contributed by atoms with Gasteiger partial charge < -0.3 is 20.3 Å². The highest BCUT2D eigenvalue weighted by Gasteiger charge is 2.18. The number of allylic oxidation sites excluding steroid dienone is 7. The molecule has 0 bridgehead atoms. The van der Waals surface area contributed by atoms with Crippen molar-refractivity contribution >= 4 is 11.9 Å². The lowest BCUT2D eigenvalue weighted by molar-refractivity contribution is -0.143. The molecule has 0 fully saturated rings. The van der Waals surface area contributed by atoms with Gasteiger partial charge in [0.05, 0.1) is 25.4 Å². The van der Waals surface area contributed by atoms with E-state index in [9.17, 15) is 19.8 Å². The van der Waals surface area contributed by atoms with Gasteiger partial charge in [-0.25, -0.2) is 0 Å². The Morgan fingerprint density at radius 3 is 0.929 bits per heavy atom. The number of nitrogens with one attached hydrogen (secondary N) is 1. The van der Waals surface area contributed by atoms with Crippen LogP contribution in [0.15, 0.2) is 48.6 Å². The Bertz CT molecular complexity index is 1420. The van der Waals surface area contributed by atoms with Crippen LogP contribution in [0.1, 0.15) is 418 Å². The van der Waals surface area contributed by atoms with E-state index >= 15 is 0 Å². The Morgan fingerprint density at radius 2 is 0.588 bits per heavy atom. The number of hydrogen-bond acceptors (Lipinski definition) is 5. The van der Waals surface area contributed by atoms with Crippen molar-refractivity contribution in [1.29, 1.82) is 0 Å². The third-order valence-corrected chi connectivity index (χ3v) is 17.8. The summed E-state index contributed by atoms with van der Waals surface area (Å²) in [7, 11) is 0. The van der Waals surface area contributed by atoms with Crippen molar-refractivity contribution in [2.45, 2.75) is 431 Å². The second-order valence-electron chi connectivity index (χ2n) is 26.3. The van der Waals surface area contributed by atoms with Crippen LogP contribution in [0.4, 0.5) is 0 Å². The maximum Gasteiger partial charge on any atom is 0.305 e. The van der Waals surface area contributed by atoms with Gasteiger partial charge in [-0.05, 0) is 89.9 Å². The molecule has 0 aliphatic heterocycles. The summed E-state index contributed by atoms with van der Waals surface area (Å²) in [5.41, 5.74) is 0. The van der Waals surface area contributed by atoms with Crippen LogP contribution in [0.25, 0.3) is 0 Å². The summed E-state index contributed by atoms with van der Waals surface area (Å²) in [6.45, 7) is 4.91. The van der Waals surface area contributed by atoms with Crippen molar-refractivity contribution in [3.63, 3.8) is 0 Å². The Hall–Kier alpha value is -2.18. The first-order valence-corrected chi connectivity index (χ1v) is 38.4. The average Bonchev–Trinajstić information content (AvgIpc) is 3.51. The Labute approximate surface area is 531 Å². The third-order valence-electron chi connectivity index (χ3n) is 17.8. The van der Waals surface area contributed by atoms with Crippen molar-refractivity contribution in [1.82, 2.24) is 5.32 Å². The van der Waals surface area contributed by atoms with Crippen molar-refractivity contribution < 1.29 is 24.5 Å². The van der Waals surface area contributed by atoms with E-state index in [4.69, 9.17) is 4.74 Å². The Kier molecular flexibility index (Phi) is 72.4. The first-order valence-electron chi connectivity index (χ1n) is 38.4. The number of carbonyl (C=O) groups excluding carboxylic acids is 2. The molecule has 2 unspecified atom stereocenters. The minimum Gasteiger partial charge on any atom is -0.466 e. The van der Waals surface area contributed by atoms with Gasteiger partial charge in [0.15, 0.2) is 0 Å². The molecule has 0 saturated heterocycles. The van der Waals surface area contributed by atoms with Gasteiger partial charge in [-0.3, -0.25) is 9.59 Å². The van der Waals surface area contributed by atoms with Crippen LogP contribution in [-0.4, -0.2) is 47.4 Å². The van der Waals surface area contributed by atoms with Gasteiger partial charge in [-0.15, -0.1) is 0 Å². The van der Waals surface area contributed by atoms with E-state index < -0.39 is 12.1 Å². The molecule has 0 saturated carbocycles. The van der Waals surface area contributed by atoms with Gasteiger partial charge in [-0.1, -0.05) is 364 Å². The predicted octanol–water partition coefficient (Wildman–Crippen LogP) is 25.2. The highest BCUT2D eigenvalue weighted by Crippen LogP contribution is 2.19. The zero-order chi connectivity index (χ0) is 61.3. The van der Waals surface area contributed by atoms with E-state index in [0.29, 0.717) is 19.4 Å². The summed E-state index contributed by atoms with van der Waals surface area (Å²) < 4.78 is 5.49. The molecule has 0 heterocycles. The summed E-state index contributed by atoms with van der Waals surface area (Å²) >= 11 is 0. The third kappa shape index (κ3) is 70.8. The normalized spacial score (nSPS) is 12.8. The largest absolute Gasteiger partial charge is 0.466 e. The molecule has 0 spiro atoms. The smallest absolute Gasteiger partial charge is 0.305 e. The Morgan fingerprint density at radius 1 is 0.329 bits per heavy atom. The maximum absolute atomic E-state index is 12.5. The van der Waals surface area contributed by atoms with Crippen molar-refractivity contribution in [2.24, 2.45) is 0 Å². The lowest BCUT2D eigenvalue weighted by atomic mass is 10.0. The molecular weight excluding hydrogens is 1040 g/mol. The molecule has 0 aromatic carbocycles. The highest BCUT2D eigenvalue weighted by molar-refractivity contribution is 5.76. The number of ether oxygens (including phenoxy) is 1. The van der Waals surface area contributed by atoms with Crippen molar-refractivity contribution in [2.75, 3.05) is 13.2 Å². The monoisotopic (exact) mass is 1190 g/mol. The summed E-state index contributed by atoms with van der Waals surface area (Å²) in [5.74, 6) is -0.0565. The molecule has 0 radical (unpaired) electrons. The highest BCUT2D eigenvalue weighted by atomic mass is 16.5. The van der Waals surface area contributed by atoms with E-state index in [1.807, 2.05) is 6.08 Å². The van der Waals surface area contributed by atoms with Gasteiger partial charge in [0.2, 0.25) is 5.91 Å². The molecule has 85 heavy (non-hydrogen) atoms. The van der Waals surface area contributed by atoms with Crippen LogP contribution < -0.4 is 5.32 Å². The summed E-state index contributed by atoms with van der Waals surface area (Å²) in [6, 6.07) is -0.627. The van der Waals surface area contributed by atoms with E-state index in [2.05, 4.69) is 55.6 Å². The minimum absolute atomic E-state index is 0.00469. The first kappa shape index (κ1) is 82.8. The van der Waals surface area contributed by atoms with Crippen LogP contribution in [0.2, 0.25) is 0 Å². The molecule has 500 valence electrons. The number of esters is 1. The van der Waals surface area contributed by atoms with Crippen LogP contribution in [0.5, 0.6) is 0 Å². The fourth-order valence-corrected chi connectivity index (χ4v) is 12.0. The van der Waals surface area contributed by atoms with Gasteiger partial charge in [0, 0.05) is 12.8 Å². The zero-order valence-electron chi connectivity index (χ0n) is 57.4. The van der Waals surface area contributed by atoms with Gasteiger partial charge >= 0.3 is 5.97 Å². The van der Waals surface area contributed by atoms with Crippen LogP contribution in [0.3, 0.4) is 0 Å². The molecule has 0 aromatic rings.